The number of hydrogen-bond donors (Lipinski definition) is 1. The van der Waals surface area contributed by atoms with Crippen molar-refractivity contribution in [1.29, 1.82) is 0 Å². The highest BCUT2D eigenvalue weighted by Gasteiger charge is 2.17. The Labute approximate surface area is 172 Å². The fraction of sp³-hybridized carbons (Fsp3) is 0.238. The van der Waals surface area contributed by atoms with Gasteiger partial charge < -0.3 is 24.3 Å². The molecule has 3 rings (SSSR count). The van der Waals surface area contributed by atoms with E-state index in [-0.39, 0.29) is 12.3 Å². The molecule has 1 N–H and O–H groups in total. The Morgan fingerprint density at radius 3 is 2.43 bits per heavy atom. The zero-order chi connectivity index (χ0) is 21.7. The molecule has 156 valence electrons. The van der Waals surface area contributed by atoms with Crippen molar-refractivity contribution >= 4 is 22.8 Å². The molecule has 9 heteroatoms. The molecule has 0 radical (unpaired) electrons. The lowest BCUT2D eigenvalue weighted by Crippen LogP contribution is -2.18. The van der Waals surface area contributed by atoms with Gasteiger partial charge in [0.05, 0.1) is 50.7 Å². The Hall–Kier alpha value is -3.88. The van der Waals surface area contributed by atoms with Crippen LogP contribution in [0, 0.1) is 0 Å². The van der Waals surface area contributed by atoms with Crippen LogP contribution in [0.3, 0.4) is 0 Å². The van der Waals surface area contributed by atoms with Crippen molar-refractivity contribution in [2.45, 2.75) is 6.42 Å². The second-order valence-electron chi connectivity index (χ2n) is 6.13. The Morgan fingerprint density at radius 2 is 1.77 bits per heavy atom. The number of rotatable bonds is 7. The highest BCUT2D eigenvalue weighted by molar-refractivity contribution is 6.01. The normalized spacial score (nSPS) is 10.4. The van der Waals surface area contributed by atoms with Crippen molar-refractivity contribution in [3.8, 4) is 23.0 Å². The number of nitrogens with zero attached hydrogens (tertiary/aromatic N) is 2. The van der Waals surface area contributed by atoms with Crippen LogP contribution in [-0.2, 0) is 16.0 Å². The molecule has 3 aromatic rings. The summed E-state index contributed by atoms with van der Waals surface area (Å²) in [6, 6.07) is 6.65. The van der Waals surface area contributed by atoms with Crippen LogP contribution in [0.5, 0.6) is 23.0 Å². The molecule has 0 bridgehead atoms. The molecule has 30 heavy (non-hydrogen) atoms. The summed E-state index contributed by atoms with van der Waals surface area (Å²) in [5.74, 6) is 0.985. The number of ether oxygens (including phenoxy) is 4. The summed E-state index contributed by atoms with van der Waals surface area (Å²) in [7, 11) is 5.82. The standard InChI is InChI=1S/C21H21N3O6/c1-22-21(26)14-8-15-13(9-18(14)27-2)17(5-6-23-15)30-12-7-19(28-3)16(24-11-12)10-20(25)29-4/h5-9,11H,10H2,1-4H3,(H,22,26). The van der Waals surface area contributed by atoms with Crippen molar-refractivity contribution in [3.05, 3.63) is 47.9 Å². The molecule has 0 fully saturated rings. The number of aromatic nitrogens is 2. The summed E-state index contributed by atoms with van der Waals surface area (Å²) >= 11 is 0. The van der Waals surface area contributed by atoms with E-state index in [1.54, 1.807) is 37.5 Å². The first kappa shape index (κ1) is 20.8. The number of hydrogen-bond acceptors (Lipinski definition) is 8. The van der Waals surface area contributed by atoms with Gasteiger partial charge in [-0.1, -0.05) is 0 Å². The van der Waals surface area contributed by atoms with Gasteiger partial charge in [0.15, 0.2) is 0 Å². The molecule has 0 aliphatic rings. The van der Waals surface area contributed by atoms with Crippen molar-refractivity contribution < 1.29 is 28.5 Å². The SMILES string of the molecule is CNC(=O)c1cc2nccc(Oc3cnc(CC(=O)OC)c(OC)c3)c2cc1OC. The van der Waals surface area contributed by atoms with Gasteiger partial charge in [-0.15, -0.1) is 0 Å². The van der Waals surface area contributed by atoms with Gasteiger partial charge in [0.1, 0.15) is 23.0 Å². The third kappa shape index (κ3) is 4.24. The molecule has 1 amide bonds. The van der Waals surface area contributed by atoms with Crippen LogP contribution in [0.25, 0.3) is 10.9 Å². The molecule has 0 atom stereocenters. The molecule has 2 aromatic heterocycles. The van der Waals surface area contributed by atoms with E-state index >= 15 is 0 Å². The minimum absolute atomic E-state index is 0.0163. The van der Waals surface area contributed by atoms with E-state index in [1.165, 1.54) is 27.5 Å². The molecule has 0 unspecified atom stereocenters. The Kier molecular flexibility index (Phi) is 6.31. The van der Waals surface area contributed by atoms with Crippen LogP contribution in [-0.4, -0.2) is 50.2 Å². The third-order valence-corrected chi connectivity index (χ3v) is 4.39. The maximum absolute atomic E-state index is 12.1. The number of fused-ring (bicyclic) bond motifs is 1. The lowest BCUT2D eigenvalue weighted by atomic mass is 10.1. The largest absolute Gasteiger partial charge is 0.496 e. The van der Waals surface area contributed by atoms with Gasteiger partial charge in [0, 0.05) is 24.7 Å². The lowest BCUT2D eigenvalue weighted by molar-refractivity contribution is -0.139. The summed E-state index contributed by atoms with van der Waals surface area (Å²) in [6.07, 6.45) is 3.05. The zero-order valence-electron chi connectivity index (χ0n) is 17.0. The fourth-order valence-electron chi connectivity index (χ4n) is 2.87. The highest BCUT2D eigenvalue weighted by Crippen LogP contribution is 2.34. The number of carbonyl (C=O) groups excluding carboxylic acids is 2. The van der Waals surface area contributed by atoms with Crippen molar-refractivity contribution in [1.82, 2.24) is 15.3 Å². The zero-order valence-corrected chi connectivity index (χ0v) is 17.0. The molecular weight excluding hydrogens is 390 g/mol. The topological polar surface area (TPSA) is 109 Å². The summed E-state index contributed by atoms with van der Waals surface area (Å²) in [6.45, 7) is 0. The quantitative estimate of drug-likeness (QED) is 0.591. The van der Waals surface area contributed by atoms with Crippen LogP contribution in [0.2, 0.25) is 0 Å². The van der Waals surface area contributed by atoms with E-state index in [4.69, 9.17) is 14.2 Å². The highest BCUT2D eigenvalue weighted by atomic mass is 16.5. The van der Waals surface area contributed by atoms with E-state index in [0.29, 0.717) is 45.2 Å². The average molecular weight is 411 g/mol. The number of benzene rings is 1. The molecular formula is C21H21N3O6. The average Bonchev–Trinajstić information content (AvgIpc) is 2.78. The van der Waals surface area contributed by atoms with Gasteiger partial charge in [-0.25, -0.2) is 0 Å². The van der Waals surface area contributed by atoms with Crippen LogP contribution in [0.1, 0.15) is 16.1 Å². The summed E-state index contributed by atoms with van der Waals surface area (Å²) < 4.78 is 21.3. The predicted octanol–water partition coefficient (Wildman–Crippen LogP) is 2.51. The molecule has 0 spiro atoms. The van der Waals surface area contributed by atoms with Crippen LogP contribution < -0.4 is 19.5 Å². The first-order valence-corrected chi connectivity index (χ1v) is 8.97. The lowest BCUT2D eigenvalue weighted by Gasteiger charge is -2.13. The summed E-state index contributed by atoms with van der Waals surface area (Å²) in [5, 5.41) is 3.23. The van der Waals surface area contributed by atoms with Gasteiger partial charge in [0.2, 0.25) is 0 Å². The number of nitrogens with one attached hydrogen (secondary N) is 1. The fourth-order valence-corrected chi connectivity index (χ4v) is 2.87. The van der Waals surface area contributed by atoms with Crippen LogP contribution >= 0.6 is 0 Å². The molecule has 9 nitrogen and oxygen atoms in total. The van der Waals surface area contributed by atoms with Gasteiger partial charge in [0.25, 0.3) is 5.91 Å². The third-order valence-electron chi connectivity index (χ3n) is 4.39. The summed E-state index contributed by atoms with van der Waals surface area (Å²) in [5.41, 5.74) is 1.37. The van der Waals surface area contributed by atoms with Crippen LogP contribution in [0.15, 0.2) is 36.7 Å². The first-order valence-electron chi connectivity index (χ1n) is 8.97. The van der Waals surface area contributed by atoms with E-state index in [0.717, 1.165) is 0 Å². The van der Waals surface area contributed by atoms with E-state index in [2.05, 4.69) is 20.0 Å². The van der Waals surface area contributed by atoms with Crippen molar-refractivity contribution in [2.75, 3.05) is 28.4 Å². The minimum atomic E-state index is -0.423. The Balaban J connectivity index is 1.99. The summed E-state index contributed by atoms with van der Waals surface area (Å²) in [4.78, 5) is 32.2. The minimum Gasteiger partial charge on any atom is -0.496 e. The van der Waals surface area contributed by atoms with Gasteiger partial charge in [-0.2, -0.15) is 0 Å². The number of amides is 1. The molecule has 2 heterocycles. The van der Waals surface area contributed by atoms with Gasteiger partial charge in [-0.3, -0.25) is 19.6 Å². The molecule has 1 aromatic carbocycles. The van der Waals surface area contributed by atoms with E-state index < -0.39 is 5.97 Å². The van der Waals surface area contributed by atoms with Gasteiger partial charge >= 0.3 is 5.97 Å². The number of carbonyl (C=O) groups is 2. The molecule has 0 aliphatic carbocycles. The van der Waals surface area contributed by atoms with Crippen molar-refractivity contribution in [3.63, 3.8) is 0 Å². The van der Waals surface area contributed by atoms with E-state index in [9.17, 15) is 9.59 Å². The molecule has 0 saturated carbocycles. The maximum atomic E-state index is 12.1. The van der Waals surface area contributed by atoms with Crippen molar-refractivity contribution in [2.24, 2.45) is 0 Å². The molecule has 0 aliphatic heterocycles. The maximum Gasteiger partial charge on any atom is 0.311 e. The smallest absolute Gasteiger partial charge is 0.311 e. The van der Waals surface area contributed by atoms with Crippen LogP contribution in [0.4, 0.5) is 0 Å². The van der Waals surface area contributed by atoms with E-state index in [1.807, 2.05) is 0 Å². The first-order chi connectivity index (χ1) is 14.5. The Morgan fingerprint density at radius 1 is 1.00 bits per heavy atom. The molecule has 0 saturated heterocycles. The monoisotopic (exact) mass is 411 g/mol. The number of esters is 1. The van der Waals surface area contributed by atoms with Gasteiger partial charge in [-0.05, 0) is 18.2 Å². The Bertz CT molecular complexity index is 1100. The number of methoxy groups -OCH3 is 3. The second-order valence-corrected chi connectivity index (χ2v) is 6.13. The number of pyridine rings is 2. The predicted molar refractivity (Wildman–Crippen MR) is 108 cm³/mol. The second kappa shape index (κ2) is 9.08.